The normalized spacial score (nSPS) is 22.0. The molecule has 13 heteroatoms. The Kier molecular flexibility index (Phi) is 10.6. The zero-order valence-electron chi connectivity index (χ0n) is 22.0. The van der Waals surface area contributed by atoms with Crippen LogP contribution in [0.3, 0.4) is 0 Å². The van der Waals surface area contributed by atoms with E-state index >= 15 is 0 Å². The van der Waals surface area contributed by atoms with Crippen molar-refractivity contribution in [2.45, 2.75) is 64.6 Å². The van der Waals surface area contributed by atoms with E-state index in [0.29, 0.717) is 16.8 Å². The average molecular weight is 638 g/mol. The summed E-state index contributed by atoms with van der Waals surface area (Å²) in [7, 11) is 0. The van der Waals surface area contributed by atoms with E-state index in [9.17, 15) is 24.4 Å². The lowest BCUT2D eigenvalue weighted by atomic mass is 9.91. The molecule has 1 saturated heterocycles. The number of aromatic nitrogens is 1. The van der Waals surface area contributed by atoms with Gasteiger partial charge in [-0.15, -0.1) is 0 Å². The van der Waals surface area contributed by atoms with Crippen molar-refractivity contribution in [3.05, 3.63) is 51.2 Å². The van der Waals surface area contributed by atoms with E-state index < -0.39 is 54.4 Å². The van der Waals surface area contributed by atoms with Gasteiger partial charge in [-0.05, 0) is 23.8 Å². The Bertz CT molecular complexity index is 1330. The second kappa shape index (κ2) is 13.7. The summed E-state index contributed by atoms with van der Waals surface area (Å²) < 4.78 is 28.5. The van der Waals surface area contributed by atoms with Gasteiger partial charge in [0.05, 0.1) is 5.56 Å². The van der Waals surface area contributed by atoms with Crippen molar-refractivity contribution in [1.29, 1.82) is 5.26 Å². The van der Waals surface area contributed by atoms with Gasteiger partial charge in [0, 0.05) is 49.8 Å². The maximum atomic E-state index is 12.1. The lowest BCUT2D eigenvalue weighted by Gasteiger charge is -2.44. The fourth-order valence-corrected chi connectivity index (χ4v) is 4.84. The second-order valence-corrected chi connectivity index (χ2v) is 10.2. The topological polar surface area (TPSA) is 151 Å². The van der Waals surface area contributed by atoms with Crippen LogP contribution in [0.5, 0.6) is 0 Å². The van der Waals surface area contributed by atoms with Gasteiger partial charge in [0.2, 0.25) is 0 Å². The van der Waals surface area contributed by atoms with Crippen LogP contribution in [0.25, 0.3) is 11.1 Å². The fraction of sp³-hybridized carbons (Fsp3) is 0.407. The minimum atomic E-state index is -1.30. The van der Waals surface area contributed by atoms with Crippen molar-refractivity contribution in [3.8, 4) is 17.2 Å². The average Bonchev–Trinajstić information content (AvgIpc) is 2.85. The van der Waals surface area contributed by atoms with Crippen LogP contribution in [-0.2, 0) is 49.3 Å². The highest BCUT2D eigenvalue weighted by atomic mass is 79.9. The number of carbonyl (C=O) groups excluding carboxylic acids is 4. The number of hydrogen-bond donors (Lipinski definition) is 0. The first-order valence-corrected chi connectivity index (χ1v) is 13.2. The summed E-state index contributed by atoms with van der Waals surface area (Å²) in [5, 5.41) is 9.68. The van der Waals surface area contributed by atoms with Crippen LogP contribution in [0.2, 0.25) is 5.15 Å². The van der Waals surface area contributed by atoms with Gasteiger partial charge in [-0.1, -0.05) is 39.7 Å². The van der Waals surface area contributed by atoms with Gasteiger partial charge in [0.25, 0.3) is 0 Å². The van der Waals surface area contributed by atoms with Crippen LogP contribution < -0.4 is 0 Å². The maximum Gasteiger partial charge on any atom is 0.303 e. The lowest BCUT2D eigenvalue weighted by molar-refractivity contribution is -0.252. The molecule has 5 atom stereocenters. The molecule has 1 aromatic carbocycles. The summed E-state index contributed by atoms with van der Waals surface area (Å²) >= 11 is 9.78. The lowest BCUT2D eigenvalue weighted by Crippen LogP contribution is -2.62. The zero-order chi connectivity index (χ0) is 29.6. The van der Waals surface area contributed by atoms with E-state index in [4.69, 9.17) is 35.3 Å². The predicted octanol–water partition coefficient (Wildman–Crippen LogP) is 3.70. The number of carbonyl (C=O) groups is 4. The third kappa shape index (κ3) is 8.00. The zero-order valence-corrected chi connectivity index (χ0v) is 24.4. The Hall–Kier alpha value is -3.53. The molecule has 0 bridgehead atoms. The molecule has 0 N–H and O–H groups in total. The van der Waals surface area contributed by atoms with Crippen molar-refractivity contribution < 1.29 is 42.9 Å². The highest BCUT2D eigenvalue weighted by molar-refractivity contribution is 9.10. The van der Waals surface area contributed by atoms with Crippen LogP contribution in [0.4, 0.5) is 0 Å². The molecule has 0 aliphatic carbocycles. The fourth-order valence-electron chi connectivity index (χ4n) is 4.32. The number of benzene rings is 1. The predicted molar refractivity (Wildman–Crippen MR) is 143 cm³/mol. The minimum Gasteiger partial charge on any atom is -0.463 e. The molecule has 1 fully saturated rings. The number of esters is 4. The van der Waals surface area contributed by atoms with Crippen molar-refractivity contribution in [3.63, 3.8) is 0 Å². The third-order valence-corrected chi connectivity index (χ3v) is 6.59. The smallest absolute Gasteiger partial charge is 0.303 e. The minimum absolute atomic E-state index is 0.0337. The summed E-state index contributed by atoms with van der Waals surface area (Å²) in [5.41, 5.74) is 1.74. The Morgan fingerprint density at radius 3 is 2.00 bits per heavy atom. The molecular weight excluding hydrogens is 612 g/mol. The molecule has 3 rings (SSSR count). The number of nitriles is 1. The quantitative estimate of drug-likeness (QED) is 0.237. The molecule has 0 saturated carbocycles. The molecular formula is C27H26BrClN2O9. The van der Waals surface area contributed by atoms with Gasteiger partial charge in [-0.3, -0.25) is 19.2 Å². The SMILES string of the molecule is CC(=O)OC[C@H]1O[C@@H](Cc2cc(-c3ccc(Br)cc3)c(C#N)c(Cl)n2)[C@H](OC(C)=O)[C@@H](OC(C)=O)[C@@H]1OC(C)=O. The summed E-state index contributed by atoms with van der Waals surface area (Å²) in [6.07, 6.45) is -5.95. The van der Waals surface area contributed by atoms with E-state index in [1.807, 2.05) is 12.1 Å². The van der Waals surface area contributed by atoms with Crippen molar-refractivity contribution >= 4 is 51.4 Å². The second-order valence-electron chi connectivity index (χ2n) is 8.89. The van der Waals surface area contributed by atoms with Crippen LogP contribution in [0, 0.1) is 11.3 Å². The number of pyridine rings is 1. The van der Waals surface area contributed by atoms with Crippen molar-refractivity contribution in [2.24, 2.45) is 0 Å². The number of hydrogen-bond acceptors (Lipinski definition) is 11. The Balaban J connectivity index is 2.08. The molecule has 2 heterocycles. The van der Waals surface area contributed by atoms with Gasteiger partial charge in [0.15, 0.2) is 18.3 Å². The van der Waals surface area contributed by atoms with E-state index in [1.54, 1.807) is 18.2 Å². The van der Waals surface area contributed by atoms with Crippen molar-refractivity contribution in [1.82, 2.24) is 4.98 Å². The van der Waals surface area contributed by atoms with E-state index in [2.05, 4.69) is 27.0 Å². The van der Waals surface area contributed by atoms with Crippen LogP contribution >= 0.6 is 27.5 Å². The Labute approximate surface area is 243 Å². The molecule has 0 unspecified atom stereocenters. The molecule has 2 aromatic rings. The highest BCUT2D eigenvalue weighted by Crippen LogP contribution is 2.34. The van der Waals surface area contributed by atoms with Crippen LogP contribution in [0.1, 0.15) is 39.0 Å². The van der Waals surface area contributed by atoms with Gasteiger partial charge in [-0.25, -0.2) is 4.98 Å². The number of rotatable bonds is 8. The first kappa shape index (κ1) is 31.0. The summed E-state index contributed by atoms with van der Waals surface area (Å²) in [6, 6.07) is 10.9. The molecule has 0 spiro atoms. The monoisotopic (exact) mass is 636 g/mol. The van der Waals surface area contributed by atoms with Gasteiger partial charge >= 0.3 is 23.9 Å². The summed E-state index contributed by atoms with van der Waals surface area (Å²) in [4.78, 5) is 52.0. The number of nitrogens with zero attached hydrogens (tertiary/aromatic N) is 2. The van der Waals surface area contributed by atoms with Crippen LogP contribution in [-0.4, -0.2) is 66.0 Å². The standard InChI is InChI=1S/C27H26BrClN2O9/c1-13(32)36-12-23-25(38-15(3)34)26(39-16(4)35)24(37-14(2)33)22(40-23)10-19-9-20(21(11-30)27(29)31-19)17-5-7-18(28)8-6-17/h5-9,22-26H,10,12H2,1-4H3/t22-,23+,24-,25+,26+/m0/s1. The Morgan fingerprint density at radius 2 is 1.48 bits per heavy atom. The molecule has 1 aliphatic rings. The van der Waals surface area contributed by atoms with Gasteiger partial charge in [0.1, 0.15) is 30.0 Å². The first-order chi connectivity index (χ1) is 18.9. The van der Waals surface area contributed by atoms with E-state index in [1.165, 1.54) is 6.92 Å². The first-order valence-electron chi connectivity index (χ1n) is 12.1. The van der Waals surface area contributed by atoms with Crippen LogP contribution in [0.15, 0.2) is 34.8 Å². The molecule has 11 nitrogen and oxygen atoms in total. The highest BCUT2D eigenvalue weighted by Gasteiger charge is 2.52. The number of ether oxygens (including phenoxy) is 5. The number of halogens is 2. The molecule has 0 radical (unpaired) electrons. The maximum absolute atomic E-state index is 12.1. The van der Waals surface area contributed by atoms with Crippen molar-refractivity contribution in [2.75, 3.05) is 6.61 Å². The molecule has 1 aliphatic heterocycles. The molecule has 40 heavy (non-hydrogen) atoms. The largest absolute Gasteiger partial charge is 0.463 e. The van der Waals surface area contributed by atoms with E-state index in [0.717, 1.165) is 25.2 Å². The summed E-state index contributed by atoms with van der Waals surface area (Å²) in [5.74, 6) is -2.79. The third-order valence-electron chi connectivity index (χ3n) is 5.79. The van der Waals surface area contributed by atoms with E-state index in [-0.39, 0.29) is 23.7 Å². The molecule has 1 aromatic heterocycles. The molecule has 212 valence electrons. The summed E-state index contributed by atoms with van der Waals surface area (Å²) in [6.45, 7) is 4.30. The molecule has 0 amide bonds. The Morgan fingerprint density at radius 1 is 0.925 bits per heavy atom. The van der Waals surface area contributed by atoms with Gasteiger partial charge in [-0.2, -0.15) is 5.26 Å². The van der Waals surface area contributed by atoms with Gasteiger partial charge < -0.3 is 23.7 Å².